The lowest BCUT2D eigenvalue weighted by molar-refractivity contribution is -0.121. The van der Waals surface area contributed by atoms with Crippen molar-refractivity contribution in [2.45, 2.75) is 32.2 Å². The van der Waals surface area contributed by atoms with Crippen molar-refractivity contribution in [3.05, 3.63) is 24.3 Å². The van der Waals surface area contributed by atoms with Crippen molar-refractivity contribution in [2.75, 3.05) is 15.8 Å². The SMILES string of the molecule is CCS(=O)(=O)Nc1ccc(NC(=O)C(C)(N)C2CC2)cc1. The lowest BCUT2D eigenvalue weighted by Gasteiger charge is -2.23. The van der Waals surface area contributed by atoms with E-state index in [1.165, 1.54) is 0 Å². The van der Waals surface area contributed by atoms with Gasteiger partial charge in [-0.2, -0.15) is 0 Å². The first-order valence-electron chi connectivity index (χ1n) is 6.95. The Kier molecular flexibility index (Phi) is 4.25. The molecule has 1 aliphatic carbocycles. The molecular formula is C14H21N3O3S. The number of rotatable bonds is 6. The topological polar surface area (TPSA) is 101 Å². The van der Waals surface area contributed by atoms with Gasteiger partial charge in [0.25, 0.3) is 0 Å². The molecule has 1 fully saturated rings. The number of carbonyl (C=O) groups is 1. The van der Waals surface area contributed by atoms with Gasteiger partial charge in [-0.3, -0.25) is 9.52 Å². The summed E-state index contributed by atoms with van der Waals surface area (Å²) in [5, 5.41) is 2.77. The van der Waals surface area contributed by atoms with E-state index < -0.39 is 15.6 Å². The number of benzene rings is 1. The Morgan fingerprint density at radius 1 is 1.29 bits per heavy atom. The molecule has 7 heteroatoms. The molecule has 0 spiro atoms. The van der Waals surface area contributed by atoms with Gasteiger partial charge in [0.1, 0.15) is 0 Å². The second-order valence-electron chi connectivity index (χ2n) is 5.59. The van der Waals surface area contributed by atoms with Gasteiger partial charge in [-0.05, 0) is 56.9 Å². The molecule has 1 saturated carbocycles. The molecule has 1 atom stereocenters. The van der Waals surface area contributed by atoms with E-state index in [9.17, 15) is 13.2 Å². The molecule has 6 nitrogen and oxygen atoms in total. The van der Waals surface area contributed by atoms with Gasteiger partial charge in [0.2, 0.25) is 15.9 Å². The van der Waals surface area contributed by atoms with Gasteiger partial charge in [0, 0.05) is 11.4 Å². The summed E-state index contributed by atoms with van der Waals surface area (Å²) in [5.41, 5.74) is 6.24. The van der Waals surface area contributed by atoms with E-state index in [1.54, 1.807) is 38.1 Å². The minimum Gasteiger partial charge on any atom is -0.324 e. The maximum atomic E-state index is 12.1. The first-order valence-corrected chi connectivity index (χ1v) is 8.60. The lowest BCUT2D eigenvalue weighted by Crippen LogP contribution is -2.50. The number of hydrogen-bond donors (Lipinski definition) is 3. The Morgan fingerprint density at radius 2 is 1.81 bits per heavy atom. The third-order valence-electron chi connectivity index (χ3n) is 3.71. The fraction of sp³-hybridized carbons (Fsp3) is 0.500. The van der Waals surface area contributed by atoms with E-state index in [0.717, 1.165) is 12.8 Å². The van der Waals surface area contributed by atoms with Crippen LogP contribution in [0.3, 0.4) is 0 Å². The Hall–Kier alpha value is -1.60. The van der Waals surface area contributed by atoms with E-state index in [1.807, 2.05) is 0 Å². The molecule has 2 rings (SSSR count). The van der Waals surface area contributed by atoms with Crippen LogP contribution in [0.5, 0.6) is 0 Å². The van der Waals surface area contributed by atoms with Crippen LogP contribution in [0.1, 0.15) is 26.7 Å². The first kappa shape index (κ1) is 15.8. The average molecular weight is 311 g/mol. The molecule has 0 aromatic heterocycles. The summed E-state index contributed by atoms with van der Waals surface area (Å²) >= 11 is 0. The number of sulfonamides is 1. The maximum Gasteiger partial charge on any atom is 0.244 e. The molecule has 1 amide bonds. The van der Waals surface area contributed by atoms with Crippen molar-refractivity contribution >= 4 is 27.3 Å². The summed E-state index contributed by atoms with van der Waals surface area (Å²) in [4.78, 5) is 12.1. The van der Waals surface area contributed by atoms with E-state index >= 15 is 0 Å². The van der Waals surface area contributed by atoms with Crippen LogP contribution in [0.25, 0.3) is 0 Å². The van der Waals surface area contributed by atoms with Crippen LogP contribution >= 0.6 is 0 Å². The molecule has 116 valence electrons. The van der Waals surface area contributed by atoms with E-state index in [4.69, 9.17) is 5.73 Å². The molecule has 1 unspecified atom stereocenters. The molecule has 0 bridgehead atoms. The Morgan fingerprint density at radius 3 is 2.29 bits per heavy atom. The zero-order valence-electron chi connectivity index (χ0n) is 12.2. The van der Waals surface area contributed by atoms with Gasteiger partial charge in [-0.15, -0.1) is 0 Å². The zero-order chi connectivity index (χ0) is 15.7. The lowest BCUT2D eigenvalue weighted by atomic mass is 9.96. The van der Waals surface area contributed by atoms with Gasteiger partial charge in [-0.1, -0.05) is 0 Å². The number of anilines is 2. The van der Waals surface area contributed by atoms with Gasteiger partial charge >= 0.3 is 0 Å². The van der Waals surface area contributed by atoms with Crippen molar-refractivity contribution in [1.29, 1.82) is 0 Å². The van der Waals surface area contributed by atoms with Gasteiger partial charge in [0.15, 0.2) is 0 Å². The highest BCUT2D eigenvalue weighted by Crippen LogP contribution is 2.38. The molecule has 1 aromatic rings. The van der Waals surface area contributed by atoms with Crippen molar-refractivity contribution in [2.24, 2.45) is 11.7 Å². The second kappa shape index (κ2) is 5.65. The minimum absolute atomic E-state index is 0.0123. The summed E-state index contributed by atoms with van der Waals surface area (Å²) in [6.07, 6.45) is 1.97. The van der Waals surface area contributed by atoms with Gasteiger partial charge in [0.05, 0.1) is 11.3 Å². The normalized spacial score (nSPS) is 17.9. The fourth-order valence-electron chi connectivity index (χ4n) is 2.01. The monoisotopic (exact) mass is 311 g/mol. The molecule has 0 saturated heterocycles. The quantitative estimate of drug-likeness (QED) is 0.741. The largest absolute Gasteiger partial charge is 0.324 e. The molecule has 0 aliphatic heterocycles. The number of hydrogen-bond acceptors (Lipinski definition) is 4. The zero-order valence-corrected chi connectivity index (χ0v) is 13.0. The molecule has 0 radical (unpaired) electrons. The number of amides is 1. The third kappa shape index (κ3) is 3.95. The highest BCUT2D eigenvalue weighted by Gasteiger charge is 2.44. The Balaban J connectivity index is 2.01. The van der Waals surface area contributed by atoms with E-state index in [-0.39, 0.29) is 17.6 Å². The molecule has 21 heavy (non-hydrogen) atoms. The van der Waals surface area contributed by atoms with Crippen LogP contribution in [0.2, 0.25) is 0 Å². The van der Waals surface area contributed by atoms with Crippen molar-refractivity contribution in [3.63, 3.8) is 0 Å². The van der Waals surface area contributed by atoms with Crippen LogP contribution in [0.15, 0.2) is 24.3 Å². The maximum absolute atomic E-state index is 12.1. The van der Waals surface area contributed by atoms with E-state index in [0.29, 0.717) is 11.4 Å². The summed E-state index contributed by atoms with van der Waals surface area (Å²) in [7, 11) is -3.29. The molecule has 1 aromatic carbocycles. The number of nitrogens with two attached hydrogens (primary N) is 1. The predicted octanol–water partition coefficient (Wildman–Crippen LogP) is 1.51. The Bertz CT molecular complexity index is 619. The fourth-order valence-corrected chi connectivity index (χ4v) is 2.65. The third-order valence-corrected chi connectivity index (χ3v) is 5.02. The highest BCUT2D eigenvalue weighted by molar-refractivity contribution is 7.92. The molecule has 0 heterocycles. The summed E-state index contributed by atoms with van der Waals surface area (Å²) in [6, 6.07) is 6.50. The Labute approximate surface area is 125 Å². The minimum atomic E-state index is -3.29. The van der Waals surface area contributed by atoms with Crippen LogP contribution < -0.4 is 15.8 Å². The number of nitrogens with one attached hydrogen (secondary N) is 2. The predicted molar refractivity (Wildman–Crippen MR) is 83.5 cm³/mol. The van der Waals surface area contributed by atoms with Crippen LogP contribution in [-0.4, -0.2) is 25.6 Å². The number of carbonyl (C=O) groups excluding carboxylic acids is 1. The van der Waals surface area contributed by atoms with Crippen molar-refractivity contribution < 1.29 is 13.2 Å². The first-order chi connectivity index (χ1) is 9.74. The van der Waals surface area contributed by atoms with Crippen LogP contribution in [0, 0.1) is 5.92 Å². The molecule has 1 aliphatic rings. The molecule has 4 N–H and O–H groups in total. The van der Waals surface area contributed by atoms with Crippen LogP contribution in [-0.2, 0) is 14.8 Å². The summed E-state index contributed by atoms with van der Waals surface area (Å²) < 4.78 is 25.3. The van der Waals surface area contributed by atoms with Crippen molar-refractivity contribution in [3.8, 4) is 0 Å². The summed E-state index contributed by atoms with van der Waals surface area (Å²) in [5.74, 6) is 0.0401. The smallest absolute Gasteiger partial charge is 0.244 e. The van der Waals surface area contributed by atoms with Gasteiger partial charge in [-0.25, -0.2) is 8.42 Å². The second-order valence-corrected chi connectivity index (χ2v) is 7.60. The molecular weight excluding hydrogens is 290 g/mol. The van der Waals surface area contributed by atoms with Crippen molar-refractivity contribution in [1.82, 2.24) is 0 Å². The van der Waals surface area contributed by atoms with Gasteiger partial charge < -0.3 is 11.1 Å². The van der Waals surface area contributed by atoms with E-state index in [2.05, 4.69) is 10.0 Å². The average Bonchev–Trinajstić information content (AvgIpc) is 3.25. The van der Waals surface area contributed by atoms with Crippen LogP contribution in [0.4, 0.5) is 11.4 Å². The highest BCUT2D eigenvalue weighted by atomic mass is 32.2. The summed E-state index contributed by atoms with van der Waals surface area (Å²) in [6.45, 7) is 3.31. The standard InChI is InChI=1S/C14H21N3O3S/c1-3-21(19,20)17-12-8-6-11(7-9-12)16-13(18)14(2,15)10-4-5-10/h6-10,17H,3-5,15H2,1-2H3,(H,16,18).